The molecular weight excluding hydrogens is 508 g/mol. The maximum Gasteiger partial charge on any atom is 0.270 e. The molecule has 0 atom stereocenters. The van der Waals surface area contributed by atoms with Gasteiger partial charge < -0.3 is 23.7 Å². The summed E-state index contributed by atoms with van der Waals surface area (Å²) in [4.78, 5) is 21.8. The second-order valence-electron chi connectivity index (χ2n) is 8.07. The Balaban J connectivity index is 1.92. The summed E-state index contributed by atoms with van der Waals surface area (Å²) in [6.07, 6.45) is 0. The zero-order chi connectivity index (χ0) is 28.1. The summed E-state index contributed by atoms with van der Waals surface area (Å²) in [5.41, 5.74) is 1.92. The Morgan fingerprint density at radius 1 is 0.538 bits per heavy atom. The Kier molecular flexibility index (Phi) is 7.80. The van der Waals surface area contributed by atoms with Crippen LogP contribution in [0.3, 0.4) is 0 Å². The first kappa shape index (κ1) is 26.7. The van der Waals surface area contributed by atoms with Crippen LogP contribution in [0.5, 0.6) is 34.5 Å². The van der Waals surface area contributed by atoms with Crippen molar-refractivity contribution in [3.05, 3.63) is 93.0 Å². The van der Waals surface area contributed by atoms with Crippen molar-refractivity contribution in [1.29, 1.82) is 0 Å². The van der Waals surface area contributed by atoms with Crippen LogP contribution < -0.4 is 23.7 Å². The van der Waals surface area contributed by atoms with E-state index in [0.717, 1.165) is 0 Å². The van der Waals surface area contributed by atoms with E-state index in [4.69, 9.17) is 23.7 Å². The Bertz CT molecular complexity index is 1440. The van der Waals surface area contributed by atoms with Crippen LogP contribution >= 0.6 is 0 Å². The lowest BCUT2D eigenvalue weighted by Crippen LogP contribution is -2.01. The van der Waals surface area contributed by atoms with E-state index in [0.29, 0.717) is 33.8 Å². The van der Waals surface area contributed by atoms with Gasteiger partial charge in [-0.15, -0.1) is 0 Å². The van der Waals surface area contributed by atoms with Crippen LogP contribution in [0.2, 0.25) is 0 Å². The van der Waals surface area contributed by atoms with Gasteiger partial charge in [-0.25, -0.2) is 0 Å². The third-order valence-electron chi connectivity index (χ3n) is 5.94. The SMILES string of the molecule is COc1ccc(-c2cccc([N+](=O)[O-])c2)c(OC)c1Oc1c(OC)ccc(-c2cccc([N+](=O)[O-])c2)c1OC. The average molecular weight is 533 g/mol. The minimum absolute atomic E-state index is 0.0826. The standard InChI is InChI=1S/C28H24N2O9/c1-35-23-13-11-21(17-7-5-9-19(15-17)29(31)32)25(37-3)27(23)39-28-24(36-2)14-12-22(26(28)38-4)18-8-6-10-20(16-18)30(33)34/h5-16H,1-4H3. The summed E-state index contributed by atoms with van der Waals surface area (Å²) in [5, 5.41) is 22.7. The van der Waals surface area contributed by atoms with Crippen molar-refractivity contribution >= 4 is 11.4 Å². The third-order valence-corrected chi connectivity index (χ3v) is 5.94. The number of hydrogen-bond donors (Lipinski definition) is 0. The summed E-state index contributed by atoms with van der Waals surface area (Å²) in [6.45, 7) is 0. The van der Waals surface area contributed by atoms with Gasteiger partial charge in [-0.3, -0.25) is 20.2 Å². The zero-order valence-corrected chi connectivity index (χ0v) is 21.5. The molecule has 0 radical (unpaired) electrons. The van der Waals surface area contributed by atoms with Crippen molar-refractivity contribution in [3.63, 3.8) is 0 Å². The van der Waals surface area contributed by atoms with Gasteiger partial charge in [0.05, 0.1) is 38.3 Å². The molecule has 0 amide bonds. The van der Waals surface area contributed by atoms with Gasteiger partial charge in [0.25, 0.3) is 11.4 Å². The summed E-state index contributed by atoms with van der Waals surface area (Å²) in [6, 6.07) is 18.9. The van der Waals surface area contributed by atoms with Crippen molar-refractivity contribution < 1.29 is 33.5 Å². The second kappa shape index (κ2) is 11.4. The van der Waals surface area contributed by atoms with Gasteiger partial charge in [0.15, 0.2) is 23.0 Å². The Morgan fingerprint density at radius 3 is 1.28 bits per heavy atom. The Morgan fingerprint density at radius 2 is 0.949 bits per heavy atom. The Labute approximate surface area is 223 Å². The topological polar surface area (TPSA) is 132 Å². The number of nitro groups is 2. The predicted octanol–water partition coefficient (Wildman–Crippen LogP) is 6.66. The lowest BCUT2D eigenvalue weighted by atomic mass is 10.0. The molecule has 11 heteroatoms. The van der Waals surface area contributed by atoms with Crippen molar-refractivity contribution in [1.82, 2.24) is 0 Å². The van der Waals surface area contributed by atoms with E-state index in [1.165, 1.54) is 52.7 Å². The normalized spacial score (nSPS) is 10.5. The average Bonchev–Trinajstić information content (AvgIpc) is 2.96. The third kappa shape index (κ3) is 5.23. The lowest BCUT2D eigenvalue weighted by molar-refractivity contribution is -0.385. The number of methoxy groups -OCH3 is 4. The van der Waals surface area contributed by atoms with E-state index < -0.39 is 9.85 Å². The number of benzene rings is 4. The first-order valence-corrected chi connectivity index (χ1v) is 11.5. The molecule has 4 aromatic carbocycles. The monoisotopic (exact) mass is 532 g/mol. The molecule has 0 unspecified atom stereocenters. The van der Waals surface area contributed by atoms with Gasteiger partial charge >= 0.3 is 0 Å². The minimum Gasteiger partial charge on any atom is -0.493 e. The molecule has 0 aliphatic carbocycles. The van der Waals surface area contributed by atoms with E-state index >= 15 is 0 Å². The van der Waals surface area contributed by atoms with Gasteiger partial charge in [0.2, 0.25) is 11.5 Å². The Hall–Kier alpha value is -5.32. The molecule has 0 aromatic heterocycles. The molecule has 0 aliphatic heterocycles. The van der Waals surface area contributed by atoms with Crippen LogP contribution in [0.25, 0.3) is 22.3 Å². The van der Waals surface area contributed by atoms with Crippen LogP contribution in [0.15, 0.2) is 72.8 Å². The van der Waals surface area contributed by atoms with Gasteiger partial charge in [-0.05, 0) is 35.4 Å². The number of ether oxygens (including phenoxy) is 5. The summed E-state index contributed by atoms with van der Waals surface area (Å²) in [7, 11) is 5.80. The molecule has 0 bridgehead atoms. The van der Waals surface area contributed by atoms with Crippen molar-refractivity contribution in [2.24, 2.45) is 0 Å². The maximum atomic E-state index is 11.4. The number of rotatable bonds is 10. The van der Waals surface area contributed by atoms with Crippen LogP contribution in [0.1, 0.15) is 0 Å². The van der Waals surface area contributed by atoms with Crippen LogP contribution in [0, 0.1) is 20.2 Å². The molecule has 0 saturated heterocycles. The largest absolute Gasteiger partial charge is 0.493 e. The number of nitro benzene ring substituents is 2. The molecule has 39 heavy (non-hydrogen) atoms. The smallest absolute Gasteiger partial charge is 0.270 e. The second-order valence-corrected chi connectivity index (χ2v) is 8.07. The van der Waals surface area contributed by atoms with Gasteiger partial charge in [0, 0.05) is 35.4 Å². The van der Waals surface area contributed by atoms with Crippen LogP contribution in [-0.2, 0) is 0 Å². The minimum atomic E-state index is -0.480. The highest BCUT2D eigenvalue weighted by molar-refractivity contribution is 5.80. The van der Waals surface area contributed by atoms with E-state index in [9.17, 15) is 20.2 Å². The molecule has 0 saturated carbocycles. The fourth-order valence-electron chi connectivity index (χ4n) is 4.14. The van der Waals surface area contributed by atoms with Crippen molar-refractivity contribution in [2.45, 2.75) is 0 Å². The molecule has 0 aliphatic rings. The summed E-state index contributed by atoms with van der Waals surface area (Å²) < 4.78 is 28.9. The maximum absolute atomic E-state index is 11.4. The molecule has 4 aromatic rings. The number of hydrogen-bond acceptors (Lipinski definition) is 9. The highest BCUT2D eigenvalue weighted by Gasteiger charge is 2.25. The highest BCUT2D eigenvalue weighted by Crippen LogP contribution is 2.52. The predicted molar refractivity (Wildman–Crippen MR) is 143 cm³/mol. The van der Waals surface area contributed by atoms with E-state index in [-0.39, 0.29) is 34.4 Å². The summed E-state index contributed by atoms with van der Waals surface area (Å²) >= 11 is 0. The first-order chi connectivity index (χ1) is 18.8. The van der Waals surface area contributed by atoms with E-state index in [1.807, 2.05) is 0 Å². The molecular formula is C28H24N2O9. The van der Waals surface area contributed by atoms with Crippen molar-refractivity contribution in [3.8, 4) is 56.8 Å². The molecule has 0 heterocycles. The fourth-order valence-corrected chi connectivity index (χ4v) is 4.14. The van der Waals surface area contributed by atoms with Gasteiger partial charge in [-0.1, -0.05) is 24.3 Å². The molecule has 0 spiro atoms. The van der Waals surface area contributed by atoms with E-state index in [1.54, 1.807) is 48.5 Å². The first-order valence-electron chi connectivity index (χ1n) is 11.5. The molecule has 200 valence electrons. The molecule has 0 N–H and O–H groups in total. The number of non-ortho nitro benzene ring substituents is 2. The van der Waals surface area contributed by atoms with Gasteiger partial charge in [0.1, 0.15) is 0 Å². The molecule has 11 nitrogen and oxygen atoms in total. The highest BCUT2D eigenvalue weighted by atomic mass is 16.6. The number of nitrogens with zero attached hydrogens (tertiary/aromatic N) is 2. The van der Waals surface area contributed by atoms with E-state index in [2.05, 4.69) is 0 Å². The van der Waals surface area contributed by atoms with Crippen molar-refractivity contribution in [2.75, 3.05) is 28.4 Å². The van der Waals surface area contributed by atoms with Gasteiger partial charge in [-0.2, -0.15) is 0 Å². The quantitative estimate of drug-likeness (QED) is 0.162. The van der Waals surface area contributed by atoms with Crippen LogP contribution in [0.4, 0.5) is 11.4 Å². The molecule has 4 rings (SSSR count). The summed E-state index contributed by atoms with van der Waals surface area (Å²) in [5.74, 6) is 1.45. The zero-order valence-electron chi connectivity index (χ0n) is 21.5. The molecule has 0 fully saturated rings. The van der Waals surface area contributed by atoms with Crippen LogP contribution in [-0.4, -0.2) is 38.3 Å². The fraction of sp³-hybridized carbons (Fsp3) is 0.143. The lowest BCUT2D eigenvalue weighted by Gasteiger charge is -2.21.